The molecule has 0 aromatic carbocycles. The first kappa shape index (κ1) is 12.6. The lowest BCUT2D eigenvalue weighted by Crippen LogP contribution is -2.19. The molecule has 96 valence electrons. The van der Waals surface area contributed by atoms with E-state index in [1.165, 1.54) is 24.5 Å². The highest BCUT2D eigenvalue weighted by Gasteiger charge is 2.20. The van der Waals surface area contributed by atoms with E-state index in [9.17, 15) is 0 Å². The Hall–Kier alpha value is -0.900. The number of hydrogen-bond donors (Lipinski definition) is 1. The predicted molar refractivity (Wildman–Crippen MR) is 68.7 cm³/mol. The van der Waals surface area contributed by atoms with Crippen LogP contribution in [-0.2, 0) is 19.4 Å². The van der Waals surface area contributed by atoms with E-state index in [2.05, 4.69) is 28.6 Å². The molecular weight excluding hydrogens is 212 g/mol. The van der Waals surface area contributed by atoms with Crippen LogP contribution >= 0.6 is 0 Å². The molecule has 0 spiro atoms. The Bertz CT molecular complexity index is 367. The molecular formula is C13H24N4. The van der Waals surface area contributed by atoms with Crippen LogP contribution in [0.4, 0.5) is 0 Å². The van der Waals surface area contributed by atoms with Crippen LogP contribution in [0.2, 0.25) is 0 Å². The van der Waals surface area contributed by atoms with Crippen molar-refractivity contribution in [2.75, 3.05) is 6.54 Å². The summed E-state index contributed by atoms with van der Waals surface area (Å²) >= 11 is 0. The molecule has 4 nitrogen and oxygen atoms in total. The fraction of sp³-hybridized carbons (Fsp3) is 0.846. The van der Waals surface area contributed by atoms with Gasteiger partial charge in [0, 0.05) is 19.4 Å². The second-order valence-corrected chi connectivity index (χ2v) is 5.84. The van der Waals surface area contributed by atoms with Crippen molar-refractivity contribution < 1.29 is 0 Å². The highest BCUT2D eigenvalue weighted by molar-refractivity contribution is 4.99. The highest BCUT2D eigenvalue weighted by atomic mass is 15.3. The third-order valence-corrected chi connectivity index (χ3v) is 3.78. The summed E-state index contributed by atoms with van der Waals surface area (Å²) in [6, 6.07) is 0. The standard InChI is InChI=1S/C13H24N4/c1-13(2,8-9-14)7-6-12-16-15-11-5-3-4-10-17(11)12/h3-10,14H2,1-2H3. The molecule has 0 saturated carbocycles. The molecule has 1 aliphatic heterocycles. The monoisotopic (exact) mass is 236 g/mol. The van der Waals surface area contributed by atoms with Gasteiger partial charge in [-0.2, -0.15) is 0 Å². The summed E-state index contributed by atoms with van der Waals surface area (Å²) in [5.74, 6) is 2.35. The molecule has 2 heterocycles. The third-order valence-electron chi connectivity index (χ3n) is 3.78. The minimum Gasteiger partial charge on any atom is -0.330 e. The Kier molecular flexibility index (Phi) is 3.82. The van der Waals surface area contributed by atoms with Crippen LogP contribution < -0.4 is 5.73 Å². The third kappa shape index (κ3) is 3.06. The Labute approximate surface area is 104 Å². The van der Waals surface area contributed by atoms with Crippen molar-refractivity contribution in [3.8, 4) is 0 Å². The van der Waals surface area contributed by atoms with Gasteiger partial charge in [0.05, 0.1) is 0 Å². The summed E-state index contributed by atoms with van der Waals surface area (Å²) in [5.41, 5.74) is 5.96. The zero-order valence-electron chi connectivity index (χ0n) is 11.1. The van der Waals surface area contributed by atoms with Gasteiger partial charge in [0.25, 0.3) is 0 Å². The van der Waals surface area contributed by atoms with Crippen molar-refractivity contribution in [2.24, 2.45) is 11.1 Å². The Balaban J connectivity index is 1.97. The minimum absolute atomic E-state index is 0.315. The van der Waals surface area contributed by atoms with Gasteiger partial charge in [0.15, 0.2) is 0 Å². The molecule has 0 bridgehead atoms. The summed E-state index contributed by atoms with van der Waals surface area (Å²) in [5, 5.41) is 8.63. The molecule has 2 rings (SSSR count). The van der Waals surface area contributed by atoms with E-state index in [1.54, 1.807) is 0 Å². The molecule has 1 aromatic rings. The van der Waals surface area contributed by atoms with Crippen LogP contribution in [0.15, 0.2) is 0 Å². The van der Waals surface area contributed by atoms with Gasteiger partial charge in [0.2, 0.25) is 0 Å². The fourth-order valence-corrected chi connectivity index (χ4v) is 2.52. The van der Waals surface area contributed by atoms with E-state index < -0.39 is 0 Å². The zero-order chi connectivity index (χ0) is 12.3. The van der Waals surface area contributed by atoms with Crippen molar-refractivity contribution >= 4 is 0 Å². The SMILES string of the molecule is CC(C)(CCN)CCc1nnc2n1CCCC2. The predicted octanol–water partition coefficient (Wildman–Crippen LogP) is 1.92. The smallest absolute Gasteiger partial charge is 0.133 e. The first-order valence-corrected chi connectivity index (χ1v) is 6.73. The van der Waals surface area contributed by atoms with Crippen molar-refractivity contribution in [2.45, 2.75) is 58.9 Å². The molecule has 0 saturated heterocycles. The number of aromatic nitrogens is 3. The Morgan fingerprint density at radius 1 is 1.24 bits per heavy atom. The molecule has 2 N–H and O–H groups in total. The van der Waals surface area contributed by atoms with E-state index in [4.69, 9.17) is 5.73 Å². The lowest BCUT2D eigenvalue weighted by Gasteiger charge is -2.24. The summed E-state index contributed by atoms with van der Waals surface area (Å²) in [6.45, 7) is 6.45. The average molecular weight is 236 g/mol. The Morgan fingerprint density at radius 2 is 2.06 bits per heavy atom. The molecule has 1 aromatic heterocycles. The molecule has 0 atom stereocenters. The van der Waals surface area contributed by atoms with Crippen LogP contribution in [-0.4, -0.2) is 21.3 Å². The number of aryl methyl sites for hydroxylation is 2. The molecule has 17 heavy (non-hydrogen) atoms. The van der Waals surface area contributed by atoms with Crippen molar-refractivity contribution in [1.29, 1.82) is 0 Å². The van der Waals surface area contributed by atoms with Gasteiger partial charge in [-0.05, 0) is 37.6 Å². The zero-order valence-corrected chi connectivity index (χ0v) is 11.1. The second kappa shape index (κ2) is 5.17. The first-order valence-electron chi connectivity index (χ1n) is 6.73. The lowest BCUT2D eigenvalue weighted by molar-refractivity contribution is 0.308. The summed E-state index contributed by atoms with van der Waals surface area (Å²) in [7, 11) is 0. The summed E-state index contributed by atoms with van der Waals surface area (Å²) in [4.78, 5) is 0. The number of rotatable bonds is 5. The number of nitrogens with two attached hydrogens (primary N) is 1. The van der Waals surface area contributed by atoms with Gasteiger partial charge in [-0.1, -0.05) is 13.8 Å². The van der Waals surface area contributed by atoms with Crippen molar-refractivity contribution in [1.82, 2.24) is 14.8 Å². The first-order chi connectivity index (χ1) is 8.12. The van der Waals surface area contributed by atoms with Gasteiger partial charge >= 0.3 is 0 Å². The van der Waals surface area contributed by atoms with Crippen LogP contribution in [0.5, 0.6) is 0 Å². The molecule has 0 radical (unpaired) electrons. The van der Waals surface area contributed by atoms with Crippen molar-refractivity contribution in [3.05, 3.63) is 11.6 Å². The summed E-state index contributed by atoms with van der Waals surface area (Å²) < 4.78 is 2.32. The van der Waals surface area contributed by atoms with E-state index in [0.29, 0.717) is 5.41 Å². The molecule has 1 aliphatic rings. The molecule has 4 heteroatoms. The number of nitrogens with zero attached hydrogens (tertiary/aromatic N) is 3. The second-order valence-electron chi connectivity index (χ2n) is 5.84. The van der Waals surface area contributed by atoms with Gasteiger partial charge in [-0.3, -0.25) is 0 Å². The van der Waals surface area contributed by atoms with Gasteiger partial charge in [0.1, 0.15) is 11.6 Å². The van der Waals surface area contributed by atoms with Crippen LogP contribution in [0.3, 0.4) is 0 Å². The van der Waals surface area contributed by atoms with E-state index in [-0.39, 0.29) is 0 Å². The van der Waals surface area contributed by atoms with E-state index in [1.807, 2.05) is 0 Å². The average Bonchev–Trinajstić information content (AvgIpc) is 2.70. The topological polar surface area (TPSA) is 56.7 Å². The number of hydrogen-bond acceptors (Lipinski definition) is 3. The van der Waals surface area contributed by atoms with E-state index in [0.717, 1.165) is 38.8 Å². The quantitative estimate of drug-likeness (QED) is 0.849. The number of fused-ring (bicyclic) bond motifs is 1. The van der Waals surface area contributed by atoms with Crippen LogP contribution in [0.1, 0.15) is 51.2 Å². The minimum atomic E-state index is 0.315. The largest absolute Gasteiger partial charge is 0.330 e. The highest BCUT2D eigenvalue weighted by Crippen LogP contribution is 2.26. The van der Waals surface area contributed by atoms with Gasteiger partial charge in [-0.15, -0.1) is 10.2 Å². The van der Waals surface area contributed by atoms with Crippen molar-refractivity contribution in [3.63, 3.8) is 0 Å². The summed E-state index contributed by atoms with van der Waals surface area (Å²) in [6.07, 6.45) is 6.87. The van der Waals surface area contributed by atoms with Crippen LogP contribution in [0.25, 0.3) is 0 Å². The fourth-order valence-electron chi connectivity index (χ4n) is 2.52. The Morgan fingerprint density at radius 3 is 2.82 bits per heavy atom. The van der Waals surface area contributed by atoms with Gasteiger partial charge in [-0.25, -0.2) is 0 Å². The van der Waals surface area contributed by atoms with Gasteiger partial charge < -0.3 is 10.3 Å². The molecule has 0 unspecified atom stereocenters. The molecule has 0 fully saturated rings. The normalized spacial score (nSPS) is 15.9. The van der Waals surface area contributed by atoms with Crippen LogP contribution in [0, 0.1) is 5.41 Å². The maximum atomic E-state index is 5.64. The molecule has 0 amide bonds. The molecule has 0 aliphatic carbocycles. The van der Waals surface area contributed by atoms with E-state index >= 15 is 0 Å². The lowest BCUT2D eigenvalue weighted by atomic mass is 9.84. The maximum absolute atomic E-state index is 5.64. The maximum Gasteiger partial charge on any atom is 0.133 e.